The van der Waals surface area contributed by atoms with Gasteiger partial charge in [-0.1, -0.05) is 0 Å². The van der Waals surface area contributed by atoms with Crippen molar-refractivity contribution in [1.29, 1.82) is 0 Å². The Morgan fingerprint density at radius 3 is 2.69 bits per heavy atom. The van der Waals surface area contributed by atoms with Crippen LogP contribution in [0.3, 0.4) is 0 Å². The number of hydrogen-bond donors (Lipinski definition) is 0. The third kappa shape index (κ3) is 2.41. The summed E-state index contributed by atoms with van der Waals surface area (Å²) in [5.74, 6) is 0. The zero-order valence-electron chi connectivity index (χ0n) is 8.32. The first-order valence-corrected chi connectivity index (χ1v) is 5.35. The van der Waals surface area contributed by atoms with E-state index in [1.807, 2.05) is 12.3 Å². The molecule has 0 aliphatic heterocycles. The van der Waals surface area contributed by atoms with Crippen molar-refractivity contribution in [3.05, 3.63) is 34.0 Å². The Balaban J connectivity index is 2.14. The minimum absolute atomic E-state index is 0.272. The molecule has 0 radical (unpaired) electrons. The number of hydrogen-bond acceptors (Lipinski definition) is 3. The van der Waals surface area contributed by atoms with Crippen molar-refractivity contribution in [3.8, 4) is 0 Å². The van der Waals surface area contributed by atoms with Gasteiger partial charge in [0, 0.05) is 17.3 Å². The molecule has 86 valence electrons. The number of aryl methyl sites for hydroxylation is 1. The van der Waals surface area contributed by atoms with Crippen molar-refractivity contribution in [1.82, 2.24) is 14.8 Å². The molecule has 2 aromatic rings. The Morgan fingerprint density at radius 2 is 2.19 bits per heavy atom. The zero-order valence-corrected chi connectivity index (χ0v) is 9.14. The first-order chi connectivity index (χ1) is 7.45. The summed E-state index contributed by atoms with van der Waals surface area (Å²) in [5.41, 5.74) is -0.0102. The van der Waals surface area contributed by atoms with Gasteiger partial charge in [0.15, 0.2) is 5.69 Å². The molecule has 2 aromatic heterocycles. The van der Waals surface area contributed by atoms with Crippen LogP contribution in [0, 0.1) is 6.92 Å². The van der Waals surface area contributed by atoms with E-state index in [1.54, 1.807) is 0 Å². The van der Waals surface area contributed by atoms with E-state index < -0.39 is 11.9 Å². The highest BCUT2D eigenvalue weighted by atomic mass is 32.1. The largest absolute Gasteiger partial charge is 0.435 e. The van der Waals surface area contributed by atoms with E-state index in [4.69, 9.17) is 0 Å². The van der Waals surface area contributed by atoms with Crippen LogP contribution in [0.5, 0.6) is 0 Å². The Hall–Kier alpha value is -1.37. The summed E-state index contributed by atoms with van der Waals surface area (Å²) in [4.78, 5) is 4.15. The number of alkyl halides is 3. The molecule has 0 amide bonds. The molecule has 0 aromatic carbocycles. The Labute approximate surface area is 93.5 Å². The number of nitrogens with zero attached hydrogens (tertiary/aromatic N) is 3. The normalized spacial score (nSPS) is 12.0. The first-order valence-electron chi connectivity index (χ1n) is 4.47. The second kappa shape index (κ2) is 3.89. The molecule has 0 unspecified atom stereocenters. The summed E-state index contributed by atoms with van der Waals surface area (Å²) in [6.07, 6.45) is -3.08. The number of halogens is 3. The van der Waals surface area contributed by atoms with Crippen LogP contribution in [0.25, 0.3) is 0 Å². The van der Waals surface area contributed by atoms with E-state index in [-0.39, 0.29) is 6.54 Å². The molecular weight excluding hydrogens is 239 g/mol. The maximum atomic E-state index is 12.3. The van der Waals surface area contributed by atoms with Crippen molar-refractivity contribution in [2.24, 2.45) is 0 Å². The van der Waals surface area contributed by atoms with Gasteiger partial charge < -0.3 is 0 Å². The quantitative estimate of drug-likeness (QED) is 0.817. The molecule has 0 aliphatic carbocycles. The lowest BCUT2D eigenvalue weighted by Gasteiger charge is -2.01. The van der Waals surface area contributed by atoms with Crippen LogP contribution in [0.15, 0.2) is 17.6 Å². The topological polar surface area (TPSA) is 30.7 Å². The molecule has 0 fully saturated rings. The second-order valence-corrected chi connectivity index (χ2v) is 4.22. The maximum Gasteiger partial charge on any atom is 0.435 e. The van der Waals surface area contributed by atoms with E-state index in [2.05, 4.69) is 10.1 Å². The van der Waals surface area contributed by atoms with Gasteiger partial charge in [-0.3, -0.25) is 4.68 Å². The van der Waals surface area contributed by atoms with Crippen molar-refractivity contribution >= 4 is 11.3 Å². The lowest BCUT2D eigenvalue weighted by molar-refractivity contribution is -0.141. The molecule has 0 bridgehead atoms. The summed E-state index contributed by atoms with van der Waals surface area (Å²) in [5, 5.41) is 6.04. The molecule has 0 aliphatic rings. The minimum atomic E-state index is -4.38. The van der Waals surface area contributed by atoms with E-state index in [9.17, 15) is 13.2 Å². The minimum Gasteiger partial charge on any atom is -0.265 e. The Morgan fingerprint density at radius 1 is 1.44 bits per heavy atom. The fourth-order valence-corrected chi connectivity index (χ4v) is 1.98. The van der Waals surface area contributed by atoms with Gasteiger partial charge in [0.1, 0.15) is 5.01 Å². The average molecular weight is 247 g/mol. The Bertz CT molecular complexity index is 486. The van der Waals surface area contributed by atoms with Crippen LogP contribution in [-0.4, -0.2) is 14.8 Å². The average Bonchev–Trinajstić information content (AvgIpc) is 2.74. The molecule has 0 N–H and O–H groups in total. The number of rotatable bonds is 2. The van der Waals surface area contributed by atoms with Crippen LogP contribution < -0.4 is 0 Å². The van der Waals surface area contributed by atoms with Gasteiger partial charge in [0.2, 0.25) is 0 Å². The number of aromatic nitrogens is 3. The summed E-state index contributed by atoms with van der Waals surface area (Å²) in [7, 11) is 0. The third-order valence-electron chi connectivity index (χ3n) is 1.89. The standard InChI is InChI=1S/C9H8F3N3S/c1-6-5-16-8(13-6)4-15-3-2-7(14-15)9(10,11)12/h2-3,5H,4H2,1H3. The van der Waals surface area contributed by atoms with Crippen molar-refractivity contribution < 1.29 is 13.2 Å². The Kier molecular flexibility index (Phi) is 2.71. The molecule has 0 atom stereocenters. The van der Waals surface area contributed by atoms with Crippen molar-refractivity contribution in [3.63, 3.8) is 0 Å². The molecule has 0 saturated heterocycles. The summed E-state index contributed by atoms with van der Waals surface area (Å²) in [6.45, 7) is 2.11. The van der Waals surface area contributed by atoms with Gasteiger partial charge in [-0.2, -0.15) is 18.3 Å². The van der Waals surface area contributed by atoms with E-state index in [0.29, 0.717) is 0 Å². The smallest absolute Gasteiger partial charge is 0.265 e. The van der Waals surface area contributed by atoms with Gasteiger partial charge in [-0.15, -0.1) is 11.3 Å². The molecule has 16 heavy (non-hydrogen) atoms. The lowest BCUT2D eigenvalue weighted by atomic mass is 10.4. The summed E-state index contributed by atoms with van der Waals surface area (Å²) in [6, 6.07) is 0.959. The monoisotopic (exact) mass is 247 g/mol. The first kappa shape index (κ1) is 11.1. The summed E-state index contributed by atoms with van der Waals surface area (Å²) < 4.78 is 38.0. The zero-order chi connectivity index (χ0) is 11.8. The molecule has 3 nitrogen and oxygen atoms in total. The van der Waals surface area contributed by atoms with Crippen molar-refractivity contribution in [2.45, 2.75) is 19.6 Å². The second-order valence-electron chi connectivity index (χ2n) is 3.28. The van der Waals surface area contributed by atoms with Crippen LogP contribution >= 0.6 is 11.3 Å². The fraction of sp³-hybridized carbons (Fsp3) is 0.333. The number of thiazole rings is 1. The van der Waals surface area contributed by atoms with Gasteiger partial charge in [-0.25, -0.2) is 4.98 Å². The molecule has 0 saturated carbocycles. The lowest BCUT2D eigenvalue weighted by Crippen LogP contribution is -2.08. The summed E-state index contributed by atoms with van der Waals surface area (Å²) >= 11 is 1.41. The highest BCUT2D eigenvalue weighted by Crippen LogP contribution is 2.27. The van der Waals surface area contributed by atoms with E-state index >= 15 is 0 Å². The van der Waals surface area contributed by atoms with Crippen LogP contribution in [-0.2, 0) is 12.7 Å². The fourth-order valence-electron chi connectivity index (χ4n) is 1.21. The maximum absolute atomic E-state index is 12.3. The predicted octanol–water partition coefficient (Wildman–Crippen LogP) is 2.72. The predicted molar refractivity (Wildman–Crippen MR) is 53.2 cm³/mol. The van der Waals surface area contributed by atoms with Crippen LogP contribution in [0.1, 0.15) is 16.4 Å². The SMILES string of the molecule is Cc1csc(Cn2ccc(C(F)(F)F)n2)n1. The van der Waals surface area contributed by atoms with Gasteiger partial charge in [-0.05, 0) is 13.0 Å². The molecule has 2 heterocycles. The van der Waals surface area contributed by atoms with E-state index in [1.165, 1.54) is 22.2 Å². The van der Waals surface area contributed by atoms with Gasteiger partial charge in [0.25, 0.3) is 0 Å². The molecular formula is C9H8F3N3S. The highest BCUT2D eigenvalue weighted by molar-refractivity contribution is 7.09. The van der Waals surface area contributed by atoms with Gasteiger partial charge in [0.05, 0.1) is 6.54 Å². The highest BCUT2D eigenvalue weighted by Gasteiger charge is 2.33. The third-order valence-corrected chi connectivity index (χ3v) is 2.85. The molecule has 2 rings (SSSR count). The molecule has 7 heteroatoms. The van der Waals surface area contributed by atoms with Crippen molar-refractivity contribution in [2.75, 3.05) is 0 Å². The van der Waals surface area contributed by atoms with Crippen LogP contribution in [0.2, 0.25) is 0 Å². The van der Waals surface area contributed by atoms with Crippen LogP contribution in [0.4, 0.5) is 13.2 Å². The molecule has 0 spiro atoms. The van der Waals surface area contributed by atoms with Gasteiger partial charge >= 0.3 is 6.18 Å². The van der Waals surface area contributed by atoms with E-state index in [0.717, 1.165) is 16.8 Å².